The molecule has 0 aliphatic carbocycles. The SMILES string of the molecule is CCOC(=O)c1cc(F)cc(S(=O)(=O)N2CCCNCC2)c1.Cl. The minimum absolute atomic E-state index is 0. The molecular weight excluding hydrogens is 347 g/mol. The number of hydrogen-bond donors (Lipinski definition) is 1. The van der Waals surface area contributed by atoms with Gasteiger partial charge in [0.05, 0.1) is 17.1 Å². The van der Waals surface area contributed by atoms with Crippen LogP contribution in [0.4, 0.5) is 4.39 Å². The molecule has 1 aromatic rings. The summed E-state index contributed by atoms with van der Waals surface area (Å²) in [6.45, 7) is 3.71. The van der Waals surface area contributed by atoms with Gasteiger partial charge in [-0.05, 0) is 38.1 Å². The van der Waals surface area contributed by atoms with E-state index in [2.05, 4.69) is 5.32 Å². The lowest BCUT2D eigenvalue weighted by Gasteiger charge is -2.20. The van der Waals surface area contributed by atoms with Crippen LogP contribution in [0.5, 0.6) is 0 Å². The molecule has 0 unspecified atom stereocenters. The standard InChI is InChI=1S/C14H19FN2O4S.ClH/c1-2-21-14(18)11-8-12(15)10-13(9-11)22(19,20)17-6-3-4-16-5-7-17;/h8-10,16H,2-7H2,1H3;1H. The van der Waals surface area contributed by atoms with E-state index in [1.807, 2.05) is 0 Å². The average Bonchev–Trinajstić information content (AvgIpc) is 2.76. The van der Waals surface area contributed by atoms with E-state index in [0.717, 1.165) is 24.7 Å². The highest BCUT2D eigenvalue weighted by atomic mass is 35.5. The number of carbonyl (C=O) groups excluding carboxylic acids is 1. The number of ether oxygens (including phenoxy) is 1. The molecule has 6 nitrogen and oxygen atoms in total. The number of nitrogens with zero attached hydrogens (tertiary/aromatic N) is 1. The number of benzene rings is 1. The van der Waals surface area contributed by atoms with Crippen molar-refractivity contribution in [3.8, 4) is 0 Å². The van der Waals surface area contributed by atoms with Gasteiger partial charge in [0, 0.05) is 19.6 Å². The van der Waals surface area contributed by atoms with Gasteiger partial charge < -0.3 is 10.1 Å². The quantitative estimate of drug-likeness (QED) is 0.815. The van der Waals surface area contributed by atoms with E-state index in [1.165, 1.54) is 4.31 Å². The fourth-order valence-electron chi connectivity index (χ4n) is 2.25. The van der Waals surface area contributed by atoms with Gasteiger partial charge in [-0.2, -0.15) is 4.31 Å². The lowest BCUT2D eigenvalue weighted by molar-refractivity contribution is 0.0525. The zero-order chi connectivity index (χ0) is 16.2. The Morgan fingerprint density at radius 2 is 2.04 bits per heavy atom. The minimum Gasteiger partial charge on any atom is -0.462 e. The van der Waals surface area contributed by atoms with Crippen LogP contribution in [0.15, 0.2) is 23.1 Å². The second kappa shape index (κ2) is 8.58. The molecule has 1 aromatic carbocycles. The molecule has 1 saturated heterocycles. The molecule has 0 spiro atoms. The summed E-state index contributed by atoms with van der Waals surface area (Å²) in [5, 5.41) is 3.10. The molecule has 1 fully saturated rings. The molecule has 1 N–H and O–H groups in total. The van der Waals surface area contributed by atoms with Crippen LogP contribution >= 0.6 is 12.4 Å². The third-order valence-electron chi connectivity index (χ3n) is 3.32. The number of halogens is 2. The number of hydrogen-bond acceptors (Lipinski definition) is 5. The van der Waals surface area contributed by atoms with Crippen LogP contribution < -0.4 is 5.32 Å². The van der Waals surface area contributed by atoms with Crippen LogP contribution in [0.25, 0.3) is 0 Å². The molecule has 0 amide bonds. The molecule has 0 aromatic heterocycles. The molecule has 1 heterocycles. The molecule has 23 heavy (non-hydrogen) atoms. The van der Waals surface area contributed by atoms with Gasteiger partial charge in [0.1, 0.15) is 5.82 Å². The first-order valence-electron chi connectivity index (χ1n) is 7.13. The summed E-state index contributed by atoms with van der Waals surface area (Å²) in [4.78, 5) is 11.5. The van der Waals surface area contributed by atoms with Crippen molar-refractivity contribution in [3.63, 3.8) is 0 Å². The zero-order valence-corrected chi connectivity index (χ0v) is 14.4. The first-order valence-corrected chi connectivity index (χ1v) is 8.57. The number of rotatable bonds is 4. The van der Waals surface area contributed by atoms with E-state index in [9.17, 15) is 17.6 Å². The fraction of sp³-hybridized carbons (Fsp3) is 0.500. The summed E-state index contributed by atoms with van der Waals surface area (Å²) in [7, 11) is -3.83. The van der Waals surface area contributed by atoms with Crippen molar-refractivity contribution in [1.82, 2.24) is 9.62 Å². The first-order chi connectivity index (χ1) is 10.4. The van der Waals surface area contributed by atoms with Crippen LogP contribution in [0.1, 0.15) is 23.7 Å². The van der Waals surface area contributed by atoms with Crippen LogP contribution in [0.2, 0.25) is 0 Å². The van der Waals surface area contributed by atoms with Crippen molar-refractivity contribution in [2.24, 2.45) is 0 Å². The van der Waals surface area contributed by atoms with Crippen molar-refractivity contribution in [2.75, 3.05) is 32.8 Å². The molecule has 9 heteroatoms. The molecule has 130 valence electrons. The fourth-order valence-corrected chi connectivity index (χ4v) is 3.79. The van der Waals surface area contributed by atoms with Crippen LogP contribution in [-0.4, -0.2) is 51.5 Å². The van der Waals surface area contributed by atoms with Gasteiger partial charge in [-0.1, -0.05) is 0 Å². The average molecular weight is 367 g/mol. The molecule has 0 saturated carbocycles. The van der Waals surface area contributed by atoms with Crippen molar-refractivity contribution in [3.05, 3.63) is 29.6 Å². The maximum absolute atomic E-state index is 13.7. The molecule has 1 aliphatic heterocycles. The van der Waals surface area contributed by atoms with Crippen molar-refractivity contribution < 1.29 is 22.3 Å². The Labute approximate surface area is 141 Å². The van der Waals surface area contributed by atoms with Crippen molar-refractivity contribution in [2.45, 2.75) is 18.2 Å². The van der Waals surface area contributed by atoms with E-state index in [4.69, 9.17) is 4.74 Å². The molecular formula is C14H20ClFN2O4S. The van der Waals surface area contributed by atoms with E-state index in [-0.39, 0.29) is 29.5 Å². The van der Waals surface area contributed by atoms with Gasteiger partial charge in [0.15, 0.2) is 0 Å². The minimum atomic E-state index is -3.83. The lowest BCUT2D eigenvalue weighted by Crippen LogP contribution is -2.34. The van der Waals surface area contributed by atoms with Crippen LogP contribution in [-0.2, 0) is 14.8 Å². The van der Waals surface area contributed by atoms with Gasteiger partial charge in [-0.25, -0.2) is 17.6 Å². The van der Waals surface area contributed by atoms with Gasteiger partial charge in [0.25, 0.3) is 0 Å². The Hall–Kier alpha value is -1.22. The molecule has 0 bridgehead atoms. The Morgan fingerprint density at radius 1 is 1.30 bits per heavy atom. The lowest BCUT2D eigenvalue weighted by atomic mass is 10.2. The van der Waals surface area contributed by atoms with Crippen molar-refractivity contribution >= 4 is 28.4 Å². The Kier molecular flexibility index (Phi) is 7.40. The molecule has 2 rings (SSSR count). The summed E-state index contributed by atoms with van der Waals surface area (Å²) in [6, 6.07) is 3.06. The van der Waals surface area contributed by atoms with Gasteiger partial charge in [0.2, 0.25) is 10.0 Å². The van der Waals surface area contributed by atoms with Gasteiger partial charge in [-0.3, -0.25) is 0 Å². The van der Waals surface area contributed by atoms with Crippen LogP contribution in [0, 0.1) is 5.82 Å². The normalized spacial score (nSPS) is 16.3. The Bertz CT molecular complexity index is 646. The largest absolute Gasteiger partial charge is 0.462 e. The molecule has 0 atom stereocenters. The second-order valence-corrected chi connectivity index (χ2v) is 6.84. The maximum atomic E-state index is 13.7. The summed E-state index contributed by atoms with van der Waals surface area (Å²) in [5.74, 6) is -1.52. The number of sulfonamides is 1. The first kappa shape index (κ1) is 19.8. The monoisotopic (exact) mass is 366 g/mol. The Morgan fingerprint density at radius 3 is 2.74 bits per heavy atom. The predicted octanol–water partition coefficient (Wildman–Crippen LogP) is 1.41. The summed E-state index contributed by atoms with van der Waals surface area (Å²) in [5.41, 5.74) is -0.103. The molecule has 0 radical (unpaired) electrons. The van der Waals surface area contributed by atoms with E-state index in [1.54, 1.807) is 6.92 Å². The summed E-state index contributed by atoms with van der Waals surface area (Å²) >= 11 is 0. The van der Waals surface area contributed by atoms with E-state index < -0.39 is 21.8 Å². The number of carbonyl (C=O) groups is 1. The molecule has 1 aliphatic rings. The predicted molar refractivity (Wildman–Crippen MR) is 85.9 cm³/mol. The van der Waals surface area contributed by atoms with Gasteiger partial charge >= 0.3 is 5.97 Å². The van der Waals surface area contributed by atoms with E-state index in [0.29, 0.717) is 26.1 Å². The number of nitrogens with one attached hydrogen (secondary N) is 1. The van der Waals surface area contributed by atoms with Gasteiger partial charge in [-0.15, -0.1) is 12.4 Å². The van der Waals surface area contributed by atoms with Crippen molar-refractivity contribution in [1.29, 1.82) is 0 Å². The summed E-state index contributed by atoms with van der Waals surface area (Å²) < 4.78 is 45.0. The number of esters is 1. The highest BCUT2D eigenvalue weighted by molar-refractivity contribution is 7.89. The topological polar surface area (TPSA) is 75.7 Å². The third-order valence-corrected chi connectivity index (χ3v) is 5.20. The zero-order valence-electron chi connectivity index (χ0n) is 12.7. The second-order valence-electron chi connectivity index (χ2n) is 4.90. The smallest absolute Gasteiger partial charge is 0.338 e. The summed E-state index contributed by atoms with van der Waals surface area (Å²) in [6.07, 6.45) is 0.680. The van der Waals surface area contributed by atoms with E-state index >= 15 is 0 Å². The highest BCUT2D eigenvalue weighted by Gasteiger charge is 2.26. The third kappa shape index (κ3) is 4.87. The van der Waals surface area contributed by atoms with Crippen LogP contribution in [0.3, 0.4) is 0 Å². The Balaban J connectivity index is 0.00000264. The highest BCUT2D eigenvalue weighted by Crippen LogP contribution is 2.20. The maximum Gasteiger partial charge on any atom is 0.338 e.